The fourth-order valence-corrected chi connectivity index (χ4v) is 3.49. The van der Waals surface area contributed by atoms with Gasteiger partial charge < -0.3 is 5.11 Å². The van der Waals surface area contributed by atoms with Gasteiger partial charge in [0.15, 0.2) is 0 Å². The summed E-state index contributed by atoms with van der Waals surface area (Å²) < 4.78 is 0. The lowest BCUT2D eigenvalue weighted by molar-refractivity contribution is -0.0713. The van der Waals surface area contributed by atoms with Crippen molar-refractivity contribution in [1.29, 1.82) is 0 Å². The van der Waals surface area contributed by atoms with Gasteiger partial charge in [-0.1, -0.05) is 41.7 Å². The van der Waals surface area contributed by atoms with E-state index in [9.17, 15) is 5.11 Å². The number of rotatable bonds is 2. The third-order valence-electron chi connectivity index (χ3n) is 4.89. The smallest absolute Gasteiger partial charge is 0.141 e. The van der Waals surface area contributed by atoms with Crippen molar-refractivity contribution in [1.82, 2.24) is 4.90 Å². The average molecular weight is 295 g/mol. The molecular weight excluding hydrogens is 270 g/mol. The average Bonchev–Trinajstić information content (AvgIpc) is 2.52. The highest BCUT2D eigenvalue weighted by Gasteiger charge is 2.44. The summed E-state index contributed by atoms with van der Waals surface area (Å²) >= 11 is 0. The predicted octanol–water partition coefficient (Wildman–Crippen LogP) is 3.00. The standard InChI is InChI=1S/C20H25NO/c1-16(2)7-8-17-5-3-4-6-18(17)9-12-20(22)15-21-13-10-19(20)11-14-21/h3-7,19,22H,8,10-11,13-15H2,1-2H3. The van der Waals surface area contributed by atoms with Crippen molar-refractivity contribution in [3.8, 4) is 11.8 Å². The van der Waals surface area contributed by atoms with Gasteiger partial charge in [-0.05, 0) is 57.8 Å². The molecule has 3 aliphatic heterocycles. The molecule has 22 heavy (non-hydrogen) atoms. The summed E-state index contributed by atoms with van der Waals surface area (Å²) in [5, 5.41) is 10.9. The van der Waals surface area contributed by atoms with Crippen LogP contribution in [0.5, 0.6) is 0 Å². The molecule has 2 nitrogen and oxygen atoms in total. The number of fused-ring (bicyclic) bond motifs is 3. The Hall–Kier alpha value is -1.56. The summed E-state index contributed by atoms with van der Waals surface area (Å²) in [7, 11) is 0. The van der Waals surface area contributed by atoms with Crippen molar-refractivity contribution in [3.05, 3.63) is 47.0 Å². The number of aliphatic hydroxyl groups is 1. The Morgan fingerprint density at radius 3 is 2.68 bits per heavy atom. The third-order valence-corrected chi connectivity index (χ3v) is 4.89. The van der Waals surface area contributed by atoms with Crippen molar-refractivity contribution in [2.75, 3.05) is 19.6 Å². The molecule has 1 atom stereocenters. The maximum absolute atomic E-state index is 10.9. The maximum atomic E-state index is 10.9. The zero-order valence-electron chi connectivity index (χ0n) is 13.6. The molecule has 3 fully saturated rings. The van der Waals surface area contributed by atoms with Gasteiger partial charge in [-0.2, -0.15) is 0 Å². The summed E-state index contributed by atoms with van der Waals surface area (Å²) in [6.45, 7) is 7.17. The number of allylic oxidation sites excluding steroid dienone is 2. The molecule has 3 heterocycles. The first-order valence-electron chi connectivity index (χ1n) is 8.26. The normalized spacial score (nSPS) is 29.6. The highest BCUT2D eigenvalue weighted by Crippen LogP contribution is 2.35. The molecule has 2 bridgehead atoms. The fraction of sp³-hybridized carbons (Fsp3) is 0.500. The molecule has 0 spiro atoms. The Labute approximate surface area is 133 Å². The van der Waals surface area contributed by atoms with E-state index in [1.165, 1.54) is 11.1 Å². The van der Waals surface area contributed by atoms with Gasteiger partial charge in [0.2, 0.25) is 0 Å². The molecule has 0 saturated carbocycles. The van der Waals surface area contributed by atoms with Crippen LogP contribution >= 0.6 is 0 Å². The Bertz CT molecular complexity index is 625. The van der Waals surface area contributed by atoms with E-state index in [0.717, 1.165) is 37.9 Å². The van der Waals surface area contributed by atoms with Crippen LogP contribution in [0.1, 0.15) is 37.8 Å². The zero-order chi connectivity index (χ0) is 15.6. The molecule has 0 radical (unpaired) electrons. The molecule has 3 saturated heterocycles. The third kappa shape index (κ3) is 3.27. The molecule has 1 aromatic carbocycles. The molecule has 0 aromatic heterocycles. The lowest BCUT2D eigenvalue weighted by Gasteiger charge is -2.47. The summed E-state index contributed by atoms with van der Waals surface area (Å²) in [4.78, 5) is 2.34. The van der Waals surface area contributed by atoms with Crippen LogP contribution in [0.3, 0.4) is 0 Å². The SMILES string of the molecule is CC(C)=CCc1ccccc1C#CC1(O)CN2CCC1CC2. The highest BCUT2D eigenvalue weighted by molar-refractivity contribution is 5.44. The van der Waals surface area contributed by atoms with Crippen LogP contribution in [0.25, 0.3) is 0 Å². The summed E-state index contributed by atoms with van der Waals surface area (Å²) in [5.74, 6) is 6.84. The summed E-state index contributed by atoms with van der Waals surface area (Å²) in [6.07, 6.45) is 5.28. The van der Waals surface area contributed by atoms with Crippen molar-refractivity contribution in [2.45, 2.75) is 38.7 Å². The quantitative estimate of drug-likeness (QED) is 0.670. The Morgan fingerprint density at radius 1 is 1.32 bits per heavy atom. The van der Waals surface area contributed by atoms with E-state index in [-0.39, 0.29) is 0 Å². The predicted molar refractivity (Wildman–Crippen MR) is 90.6 cm³/mol. The lowest BCUT2D eigenvalue weighted by Crippen LogP contribution is -2.58. The van der Waals surface area contributed by atoms with Crippen molar-refractivity contribution >= 4 is 0 Å². The van der Waals surface area contributed by atoms with Crippen LogP contribution in [0.2, 0.25) is 0 Å². The van der Waals surface area contributed by atoms with E-state index in [0.29, 0.717) is 12.5 Å². The molecule has 1 N–H and O–H groups in total. The Morgan fingerprint density at radius 2 is 2.05 bits per heavy atom. The summed E-state index contributed by atoms with van der Waals surface area (Å²) in [5.41, 5.74) is 2.78. The van der Waals surface area contributed by atoms with E-state index in [2.05, 4.69) is 54.9 Å². The van der Waals surface area contributed by atoms with E-state index in [1.54, 1.807) is 0 Å². The van der Waals surface area contributed by atoms with Gasteiger partial charge in [0.25, 0.3) is 0 Å². The van der Waals surface area contributed by atoms with E-state index in [4.69, 9.17) is 0 Å². The van der Waals surface area contributed by atoms with Crippen molar-refractivity contribution in [3.63, 3.8) is 0 Å². The minimum absolute atomic E-state index is 0.343. The lowest BCUT2D eigenvalue weighted by atomic mass is 9.75. The summed E-state index contributed by atoms with van der Waals surface area (Å²) in [6, 6.07) is 8.27. The van der Waals surface area contributed by atoms with Gasteiger partial charge in [-0.15, -0.1) is 0 Å². The molecule has 1 aromatic rings. The van der Waals surface area contributed by atoms with Crippen LogP contribution in [0.15, 0.2) is 35.9 Å². The number of piperidine rings is 3. The van der Waals surface area contributed by atoms with Crippen LogP contribution in [0.4, 0.5) is 0 Å². The first-order chi connectivity index (χ1) is 10.6. The Kier molecular flexibility index (Phi) is 4.38. The van der Waals surface area contributed by atoms with Gasteiger partial charge >= 0.3 is 0 Å². The van der Waals surface area contributed by atoms with Crippen LogP contribution in [0, 0.1) is 17.8 Å². The molecule has 2 heteroatoms. The first-order valence-corrected chi connectivity index (χ1v) is 8.26. The van der Waals surface area contributed by atoms with Gasteiger partial charge in [0.1, 0.15) is 5.60 Å². The van der Waals surface area contributed by atoms with Gasteiger partial charge in [-0.3, -0.25) is 4.90 Å². The Balaban J connectivity index is 1.83. The van der Waals surface area contributed by atoms with E-state index < -0.39 is 5.60 Å². The van der Waals surface area contributed by atoms with Crippen LogP contribution in [-0.2, 0) is 6.42 Å². The zero-order valence-corrected chi connectivity index (χ0v) is 13.6. The van der Waals surface area contributed by atoms with Gasteiger partial charge in [0, 0.05) is 18.0 Å². The second-order valence-corrected chi connectivity index (χ2v) is 6.87. The largest absolute Gasteiger partial charge is 0.376 e. The molecule has 4 rings (SSSR count). The van der Waals surface area contributed by atoms with E-state index >= 15 is 0 Å². The minimum atomic E-state index is -0.819. The monoisotopic (exact) mass is 295 g/mol. The minimum Gasteiger partial charge on any atom is -0.376 e. The van der Waals surface area contributed by atoms with Crippen molar-refractivity contribution < 1.29 is 5.11 Å². The number of benzene rings is 1. The van der Waals surface area contributed by atoms with Crippen LogP contribution < -0.4 is 0 Å². The first kappa shape index (κ1) is 15.3. The van der Waals surface area contributed by atoms with Gasteiger partial charge in [0.05, 0.1) is 0 Å². The molecule has 0 aliphatic carbocycles. The number of hydrogen-bond acceptors (Lipinski definition) is 2. The van der Waals surface area contributed by atoms with Gasteiger partial charge in [-0.25, -0.2) is 0 Å². The fourth-order valence-electron chi connectivity index (χ4n) is 3.49. The maximum Gasteiger partial charge on any atom is 0.141 e. The van der Waals surface area contributed by atoms with Crippen LogP contribution in [-0.4, -0.2) is 35.2 Å². The molecule has 1 unspecified atom stereocenters. The van der Waals surface area contributed by atoms with E-state index in [1.807, 2.05) is 6.07 Å². The number of nitrogens with zero attached hydrogens (tertiary/aromatic N) is 1. The second-order valence-electron chi connectivity index (χ2n) is 6.87. The van der Waals surface area contributed by atoms with Crippen molar-refractivity contribution in [2.24, 2.45) is 5.92 Å². The highest BCUT2D eigenvalue weighted by atomic mass is 16.3. The topological polar surface area (TPSA) is 23.5 Å². The molecule has 0 amide bonds. The molecule has 116 valence electrons. The molecule has 3 aliphatic rings. The molecular formula is C20H25NO. The second kappa shape index (κ2) is 6.28. The number of hydrogen-bond donors (Lipinski definition) is 1.